The summed E-state index contributed by atoms with van der Waals surface area (Å²) in [6.07, 6.45) is 0. The predicted molar refractivity (Wildman–Crippen MR) is 110 cm³/mol. The molecule has 1 amide bonds. The number of nitrogens with one attached hydrogen (secondary N) is 1. The molecule has 2 heterocycles. The quantitative estimate of drug-likeness (QED) is 0.660. The van der Waals surface area contributed by atoms with Crippen LogP contribution in [-0.2, 0) is 32.6 Å². The van der Waals surface area contributed by atoms with E-state index in [-0.39, 0.29) is 17.3 Å². The molecule has 1 aromatic carbocycles. The molecule has 2 aromatic rings. The molecule has 1 aliphatic heterocycles. The van der Waals surface area contributed by atoms with Crippen molar-refractivity contribution in [2.75, 3.05) is 39.9 Å². The van der Waals surface area contributed by atoms with Crippen LogP contribution in [0.25, 0.3) is 0 Å². The first-order valence-corrected chi connectivity index (χ1v) is 11.2. The van der Waals surface area contributed by atoms with Crippen LogP contribution >= 0.6 is 0 Å². The van der Waals surface area contributed by atoms with Crippen molar-refractivity contribution in [3.63, 3.8) is 0 Å². The maximum Gasteiger partial charge on any atom is 0.243 e. The summed E-state index contributed by atoms with van der Waals surface area (Å²) in [5.41, 5.74) is 2.65. The zero-order valence-corrected chi connectivity index (χ0v) is 18.4. The van der Waals surface area contributed by atoms with Gasteiger partial charge >= 0.3 is 0 Å². The third-order valence-corrected chi connectivity index (χ3v) is 6.96. The number of carbonyl (C=O) groups is 1. The summed E-state index contributed by atoms with van der Waals surface area (Å²) in [6, 6.07) is 6.61. The van der Waals surface area contributed by atoms with Crippen molar-refractivity contribution >= 4 is 15.9 Å². The fraction of sp³-hybridized carbons (Fsp3) is 0.500. The number of hydrogen-bond donors (Lipinski definition) is 1. The maximum atomic E-state index is 12.6. The summed E-state index contributed by atoms with van der Waals surface area (Å²) in [4.78, 5) is 14.4. The molecule has 0 aliphatic carbocycles. The molecule has 10 heteroatoms. The van der Waals surface area contributed by atoms with Crippen LogP contribution in [0.5, 0.6) is 0 Å². The van der Waals surface area contributed by atoms with Crippen LogP contribution < -0.4 is 5.32 Å². The normalized spacial score (nSPS) is 15.5. The lowest BCUT2D eigenvalue weighted by molar-refractivity contribution is -0.122. The Labute approximate surface area is 177 Å². The number of hydrogen-bond acceptors (Lipinski definition) is 7. The lowest BCUT2D eigenvalue weighted by Gasteiger charge is -2.26. The smallest absolute Gasteiger partial charge is 0.243 e. The number of aromatic nitrogens is 1. The lowest BCUT2D eigenvalue weighted by atomic mass is 10.2. The lowest BCUT2D eigenvalue weighted by Crippen LogP contribution is -2.40. The fourth-order valence-corrected chi connectivity index (χ4v) is 4.68. The van der Waals surface area contributed by atoms with Crippen LogP contribution in [0.15, 0.2) is 33.7 Å². The monoisotopic (exact) mass is 436 g/mol. The number of benzene rings is 1. The second kappa shape index (κ2) is 9.69. The van der Waals surface area contributed by atoms with Gasteiger partial charge in [0.2, 0.25) is 15.9 Å². The predicted octanol–water partition coefficient (Wildman–Crippen LogP) is 1.06. The zero-order valence-electron chi connectivity index (χ0n) is 17.6. The van der Waals surface area contributed by atoms with Gasteiger partial charge in [-0.25, -0.2) is 8.42 Å². The zero-order chi connectivity index (χ0) is 21.7. The summed E-state index contributed by atoms with van der Waals surface area (Å²) in [7, 11) is -1.65. The summed E-state index contributed by atoms with van der Waals surface area (Å²) in [6.45, 7) is 6.41. The van der Waals surface area contributed by atoms with Gasteiger partial charge in [0.25, 0.3) is 0 Å². The number of sulfonamides is 1. The molecular weight excluding hydrogens is 408 g/mol. The van der Waals surface area contributed by atoms with Gasteiger partial charge in [-0.2, -0.15) is 4.31 Å². The molecule has 0 unspecified atom stereocenters. The molecule has 1 saturated heterocycles. The van der Waals surface area contributed by atoms with Gasteiger partial charge in [0.05, 0.1) is 30.3 Å². The number of nitrogens with zero attached hydrogens (tertiary/aromatic N) is 3. The second-order valence-electron chi connectivity index (χ2n) is 7.41. The largest absolute Gasteiger partial charge is 0.379 e. The summed E-state index contributed by atoms with van der Waals surface area (Å²) < 4.78 is 37.1. The van der Waals surface area contributed by atoms with Crippen LogP contribution in [0.1, 0.15) is 22.6 Å². The molecule has 1 aromatic heterocycles. The van der Waals surface area contributed by atoms with Crippen molar-refractivity contribution in [2.24, 2.45) is 0 Å². The summed E-state index contributed by atoms with van der Waals surface area (Å²) in [5, 5.41) is 6.79. The minimum Gasteiger partial charge on any atom is -0.379 e. The van der Waals surface area contributed by atoms with Gasteiger partial charge in [-0.1, -0.05) is 17.3 Å². The third kappa shape index (κ3) is 5.45. The molecule has 0 saturated carbocycles. The molecule has 0 radical (unpaired) electrons. The van der Waals surface area contributed by atoms with Gasteiger partial charge in [-0.05, 0) is 38.6 Å². The standard InChI is InChI=1S/C20H28N4O5S/c1-15-19(16(2)29-22-15)13-23(3)14-20(25)21-12-17-4-6-18(7-5-17)30(26,27)24-8-10-28-11-9-24/h4-7H,8-14H2,1-3H3,(H,21,25). The van der Waals surface area contributed by atoms with Crippen LogP contribution in [0.3, 0.4) is 0 Å². The van der Waals surface area contributed by atoms with Gasteiger partial charge in [-0.15, -0.1) is 0 Å². The molecule has 0 spiro atoms. The molecule has 9 nitrogen and oxygen atoms in total. The second-order valence-corrected chi connectivity index (χ2v) is 9.35. The number of rotatable bonds is 8. The molecule has 1 N–H and O–H groups in total. The van der Waals surface area contributed by atoms with E-state index < -0.39 is 10.0 Å². The highest BCUT2D eigenvalue weighted by Crippen LogP contribution is 2.18. The minimum absolute atomic E-state index is 0.116. The first-order chi connectivity index (χ1) is 14.3. The molecule has 30 heavy (non-hydrogen) atoms. The average Bonchev–Trinajstić information content (AvgIpc) is 3.05. The van der Waals surface area contributed by atoms with Gasteiger partial charge in [-0.3, -0.25) is 9.69 Å². The topological polar surface area (TPSA) is 105 Å². The number of likely N-dealkylation sites (N-methyl/N-ethyl adjacent to an activating group) is 1. The molecule has 1 fully saturated rings. The third-order valence-electron chi connectivity index (χ3n) is 5.04. The van der Waals surface area contributed by atoms with Crippen molar-refractivity contribution in [3.05, 3.63) is 46.8 Å². The van der Waals surface area contributed by atoms with Crippen molar-refractivity contribution in [3.8, 4) is 0 Å². The first kappa shape index (κ1) is 22.4. The first-order valence-electron chi connectivity index (χ1n) is 9.81. The van der Waals surface area contributed by atoms with Gasteiger partial charge in [0.15, 0.2) is 0 Å². The average molecular weight is 437 g/mol. The van der Waals surface area contributed by atoms with E-state index in [9.17, 15) is 13.2 Å². The highest BCUT2D eigenvalue weighted by molar-refractivity contribution is 7.89. The number of carbonyl (C=O) groups excluding carboxylic acids is 1. The van der Waals surface area contributed by atoms with Crippen LogP contribution in [0.2, 0.25) is 0 Å². The van der Waals surface area contributed by atoms with E-state index in [1.54, 1.807) is 24.3 Å². The van der Waals surface area contributed by atoms with Gasteiger partial charge < -0.3 is 14.6 Å². The molecular formula is C20H28N4O5S. The fourth-order valence-electron chi connectivity index (χ4n) is 3.27. The van der Waals surface area contributed by atoms with Crippen molar-refractivity contribution < 1.29 is 22.5 Å². The van der Waals surface area contributed by atoms with Crippen molar-refractivity contribution in [1.29, 1.82) is 0 Å². The SMILES string of the molecule is Cc1noc(C)c1CN(C)CC(=O)NCc1ccc(S(=O)(=O)N2CCOCC2)cc1. The van der Waals surface area contributed by atoms with E-state index in [0.717, 1.165) is 22.6 Å². The Balaban J connectivity index is 1.50. The number of amides is 1. The summed E-state index contributed by atoms with van der Waals surface area (Å²) in [5.74, 6) is 0.640. The van der Waals surface area contributed by atoms with E-state index in [4.69, 9.17) is 9.26 Å². The Bertz CT molecular complexity index is 946. The highest BCUT2D eigenvalue weighted by atomic mass is 32.2. The minimum atomic E-state index is -3.51. The van der Waals surface area contributed by atoms with Crippen molar-refractivity contribution in [2.45, 2.75) is 31.8 Å². The van der Waals surface area contributed by atoms with Crippen molar-refractivity contribution in [1.82, 2.24) is 19.7 Å². The van der Waals surface area contributed by atoms with E-state index in [2.05, 4.69) is 10.5 Å². The highest BCUT2D eigenvalue weighted by Gasteiger charge is 2.26. The van der Waals surface area contributed by atoms with E-state index in [0.29, 0.717) is 39.4 Å². The number of morpholine rings is 1. The Kier molecular flexibility index (Phi) is 7.24. The summed E-state index contributed by atoms with van der Waals surface area (Å²) >= 11 is 0. The molecule has 0 atom stereocenters. The van der Waals surface area contributed by atoms with Crippen LogP contribution in [-0.4, -0.2) is 68.6 Å². The van der Waals surface area contributed by atoms with Crippen LogP contribution in [0.4, 0.5) is 0 Å². The Morgan fingerprint density at radius 2 is 1.87 bits per heavy atom. The molecule has 0 bridgehead atoms. The van der Waals surface area contributed by atoms with Gasteiger partial charge in [0, 0.05) is 31.7 Å². The maximum absolute atomic E-state index is 12.6. The Hall–Kier alpha value is -2.27. The molecule has 3 rings (SSSR count). The number of ether oxygens (including phenoxy) is 1. The number of aryl methyl sites for hydroxylation is 2. The molecule has 164 valence electrons. The van der Waals surface area contributed by atoms with E-state index in [1.165, 1.54) is 4.31 Å². The molecule has 1 aliphatic rings. The van der Waals surface area contributed by atoms with E-state index in [1.807, 2.05) is 25.8 Å². The van der Waals surface area contributed by atoms with Crippen LogP contribution in [0, 0.1) is 13.8 Å². The van der Waals surface area contributed by atoms with E-state index >= 15 is 0 Å². The Morgan fingerprint density at radius 3 is 2.47 bits per heavy atom. The van der Waals surface area contributed by atoms with Gasteiger partial charge in [0.1, 0.15) is 5.76 Å². The Morgan fingerprint density at radius 1 is 1.20 bits per heavy atom.